The Balaban J connectivity index is 2.03. The van der Waals surface area contributed by atoms with Gasteiger partial charge in [-0.25, -0.2) is 13.6 Å². The maximum atomic E-state index is 13.1. The number of carbonyl (C=O) groups excluding carboxylic acids is 1. The molecule has 6 nitrogen and oxygen atoms in total. The summed E-state index contributed by atoms with van der Waals surface area (Å²) in [5, 5.41) is 5.17. The van der Waals surface area contributed by atoms with E-state index < -0.39 is 10.0 Å². The second-order valence-corrected chi connectivity index (χ2v) is 9.07. The number of rotatable bonds is 5. The molecule has 2 atom stereocenters. The van der Waals surface area contributed by atoms with Gasteiger partial charge in [0, 0.05) is 13.1 Å². The first-order chi connectivity index (χ1) is 10.8. The normalized spacial score (nSPS) is 25.6. The minimum absolute atomic E-state index is 0.0210. The fourth-order valence-electron chi connectivity index (χ4n) is 3.98. The van der Waals surface area contributed by atoms with Gasteiger partial charge in [0.2, 0.25) is 15.9 Å². The van der Waals surface area contributed by atoms with Gasteiger partial charge in [-0.05, 0) is 50.6 Å². The molecular weight excluding hydrogens is 314 g/mol. The van der Waals surface area contributed by atoms with Crippen molar-refractivity contribution >= 4 is 15.9 Å². The summed E-state index contributed by atoms with van der Waals surface area (Å²) in [5.41, 5.74) is 0. The zero-order chi connectivity index (χ0) is 17.0. The summed E-state index contributed by atoms with van der Waals surface area (Å²) >= 11 is 0. The summed E-state index contributed by atoms with van der Waals surface area (Å²) in [6.07, 6.45) is 5.25. The highest BCUT2D eigenvalue weighted by molar-refractivity contribution is 7.89. The van der Waals surface area contributed by atoms with Gasteiger partial charge < -0.3 is 4.90 Å². The van der Waals surface area contributed by atoms with E-state index in [1.165, 1.54) is 6.42 Å². The first-order valence-electron chi connectivity index (χ1n) is 8.81. The topological polar surface area (TPSA) is 83.7 Å². The van der Waals surface area contributed by atoms with E-state index in [0.29, 0.717) is 6.54 Å². The van der Waals surface area contributed by atoms with Gasteiger partial charge in [-0.2, -0.15) is 0 Å². The molecule has 2 unspecified atom stereocenters. The Bertz CT molecular complexity index is 501. The molecule has 2 fully saturated rings. The van der Waals surface area contributed by atoms with Crippen molar-refractivity contribution < 1.29 is 13.2 Å². The van der Waals surface area contributed by atoms with E-state index in [-0.39, 0.29) is 29.5 Å². The number of piperidine rings is 2. The van der Waals surface area contributed by atoms with Crippen LogP contribution >= 0.6 is 0 Å². The zero-order valence-corrected chi connectivity index (χ0v) is 15.2. The lowest BCUT2D eigenvalue weighted by molar-refractivity contribution is -0.141. The van der Waals surface area contributed by atoms with E-state index in [9.17, 15) is 13.2 Å². The van der Waals surface area contributed by atoms with Crippen LogP contribution in [0.3, 0.4) is 0 Å². The highest BCUT2D eigenvalue weighted by Crippen LogP contribution is 2.23. The molecule has 2 N–H and O–H groups in total. The van der Waals surface area contributed by atoms with E-state index >= 15 is 0 Å². The standard InChI is InChI=1S/C16H31N3O3S/c1-13(2)15(18-8-4-3-5-9-18)16(20)19-10-6-7-14(11-19)12-23(17,21)22/h13-15H,3-12H2,1-2H3,(H2,17,21,22). The summed E-state index contributed by atoms with van der Waals surface area (Å²) < 4.78 is 22.7. The Morgan fingerprint density at radius 2 is 1.78 bits per heavy atom. The van der Waals surface area contributed by atoms with Crippen LogP contribution < -0.4 is 5.14 Å². The van der Waals surface area contributed by atoms with Crippen LogP contribution in [0, 0.1) is 11.8 Å². The van der Waals surface area contributed by atoms with E-state index in [0.717, 1.165) is 45.3 Å². The quantitative estimate of drug-likeness (QED) is 0.806. The van der Waals surface area contributed by atoms with Crippen molar-refractivity contribution in [3.05, 3.63) is 0 Å². The fraction of sp³-hybridized carbons (Fsp3) is 0.938. The average Bonchev–Trinajstić information content (AvgIpc) is 2.46. The molecule has 0 radical (unpaired) electrons. The van der Waals surface area contributed by atoms with Crippen molar-refractivity contribution in [1.82, 2.24) is 9.80 Å². The first kappa shape index (κ1) is 18.7. The lowest BCUT2D eigenvalue weighted by atomic mass is 9.95. The van der Waals surface area contributed by atoms with Gasteiger partial charge in [0.25, 0.3) is 0 Å². The Kier molecular flexibility index (Phi) is 6.45. The second kappa shape index (κ2) is 7.94. The number of amides is 1. The predicted octanol–water partition coefficient (Wildman–Crippen LogP) is 1.02. The van der Waals surface area contributed by atoms with Crippen molar-refractivity contribution in [3.8, 4) is 0 Å². The molecule has 0 aliphatic carbocycles. The predicted molar refractivity (Wildman–Crippen MR) is 91.3 cm³/mol. The average molecular weight is 346 g/mol. The maximum Gasteiger partial charge on any atom is 0.240 e. The highest BCUT2D eigenvalue weighted by Gasteiger charge is 2.35. The lowest BCUT2D eigenvalue weighted by Gasteiger charge is -2.41. The van der Waals surface area contributed by atoms with Crippen LogP contribution in [0.15, 0.2) is 0 Å². The van der Waals surface area contributed by atoms with Gasteiger partial charge in [-0.1, -0.05) is 20.3 Å². The SMILES string of the molecule is CC(C)C(C(=O)N1CCCC(CS(N)(=O)=O)C1)N1CCCCC1. The number of hydrogen-bond acceptors (Lipinski definition) is 4. The minimum atomic E-state index is -3.48. The largest absolute Gasteiger partial charge is 0.341 e. The Labute approximate surface area is 140 Å². The molecule has 134 valence electrons. The van der Waals surface area contributed by atoms with Crippen LogP contribution in [0.4, 0.5) is 0 Å². The number of primary sulfonamides is 1. The molecule has 2 aliphatic heterocycles. The second-order valence-electron chi connectivity index (χ2n) is 7.41. The van der Waals surface area contributed by atoms with Crippen molar-refractivity contribution in [2.24, 2.45) is 17.0 Å². The van der Waals surface area contributed by atoms with Crippen LogP contribution in [0.2, 0.25) is 0 Å². The molecule has 2 heterocycles. The number of carbonyl (C=O) groups is 1. The molecular formula is C16H31N3O3S. The summed E-state index contributed by atoms with van der Waals surface area (Å²) in [5.74, 6) is 0.379. The molecule has 2 rings (SSSR count). The number of sulfonamides is 1. The lowest BCUT2D eigenvalue weighted by Crippen LogP contribution is -2.55. The van der Waals surface area contributed by atoms with Crippen molar-refractivity contribution in [1.29, 1.82) is 0 Å². The fourth-order valence-corrected chi connectivity index (χ4v) is 4.91. The van der Waals surface area contributed by atoms with E-state index in [2.05, 4.69) is 18.7 Å². The smallest absolute Gasteiger partial charge is 0.240 e. The molecule has 1 amide bonds. The molecule has 23 heavy (non-hydrogen) atoms. The van der Waals surface area contributed by atoms with E-state index in [1.54, 1.807) is 0 Å². The van der Waals surface area contributed by atoms with Crippen LogP contribution in [0.25, 0.3) is 0 Å². The molecule has 0 aromatic heterocycles. The first-order valence-corrected chi connectivity index (χ1v) is 10.5. The van der Waals surface area contributed by atoms with Crippen LogP contribution in [-0.4, -0.2) is 62.1 Å². The molecule has 2 saturated heterocycles. The van der Waals surface area contributed by atoms with Crippen molar-refractivity contribution in [2.75, 3.05) is 31.9 Å². The third-order valence-electron chi connectivity index (χ3n) is 4.97. The summed E-state index contributed by atoms with van der Waals surface area (Å²) in [7, 11) is -3.48. The molecule has 7 heteroatoms. The van der Waals surface area contributed by atoms with Gasteiger partial charge in [0.05, 0.1) is 11.8 Å². The number of nitrogens with zero attached hydrogens (tertiary/aromatic N) is 2. The molecule has 2 aliphatic rings. The van der Waals surface area contributed by atoms with Crippen molar-refractivity contribution in [3.63, 3.8) is 0 Å². The monoisotopic (exact) mass is 345 g/mol. The Morgan fingerprint density at radius 3 is 2.35 bits per heavy atom. The minimum Gasteiger partial charge on any atom is -0.341 e. The molecule has 0 saturated carbocycles. The summed E-state index contributed by atoms with van der Waals surface area (Å²) in [6, 6.07) is -0.0801. The highest BCUT2D eigenvalue weighted by atomic mass is 32.2. The van der Waals surface area contributed by atoms with Gasteiger partial charge in [0.1, 0.15) is 0 Å². The van der Waals surface area contributed by atoms with Gasteiger partial charge >= 0.3 is 0 Å². The Hall–Kier alpha value is -0.660. The van der Waals surface area contributed by atoms with Gasteiger partial charge in [0.15, 0.2) is 0 Å². The van der Waals surface area contributed by atoms with Crippen molar-refractivity contribution in [2.45, 2.75) is 52.0 Å². The summed E-state index contributed by atoms with van der Waals surface area (Å²) in [4.78, 5) is 17.2. The zero-order valence-electron chi connectivity index (χ0n) is 14.4. The summed E-state index contributed by atoms with van der Waals surface area (Å²) in [6.45, 7) is 7.43. The van der Waals surface area contributed by atoms with Gasteiger partial charge in [-0.3, -0.25) is 9.69 Å². The number of likely N-dealkylation sites (tertiary alicyclic amines) is 2. The van der Waals surface area contributed by atoms with Crippen LogP contribution in [0.1, 0.15) is 46.0 Å². The molecule has 0 bridgehead atoms. The molecule has 0 aromatic rings. The van der Waals surface area contributed by atoms with E-state index in [4.69, 9.17) is 5.14 Å². The maximum absolute atomic E-state index is 13.1. The molecule has 0 spiro atoms. The van der Waals surface area contributed by atoms with Crippen LogP contribution in [-0.2, 0) is 14.8 Å². The number of nitrogens with two attached hydrogens (primary N) is 1. The third-order valence-corrected chi connectivity index (χ3v) is 5.90. The third kappa shape index (κ3) is 5.43. The Morgan fingerprint density at radius 1 is 1.13 bits per heavy atom. The van der Waals surface area contributed by atoms with Gasteiger partial charge in [-0.15, -0.1) is 0 Å². The molecule has 0 aromatic carbocycles. The van der Waals surface area contributed by atoms with E-state index in [1.807, 2.05) is 4.90 Å². The number of hydrogen-bond donors (Lipinski definition) is 1. The van der Waals surface area contributed by atoms with Crippen LogP contribution in [0.5, 0.6) is 0 Å².